The number of ketones is 2. The number of primary amides is 1. The van der Waals surface area contributed by atoms with Crippen molar-refractivity contribution in [3.63, 3.8) is 0 Å². The number of amides is 2. The van der Waals surface area contributed by atoms with Crippen molar-refractivity contribution in [2.24, 2.45) is 17.6 Å². The molecule has 39 heavy (non-hydrogen) atoms. The molecule has 0 spiro atoms. The number of aliphatic hydroxyl groups excluding tert-OH is 2. The molecule has 4 rings (SSSR count). The number of hydrogen-bond acceptors (Lipinski definition) is 10. The molecule has 0 aromatic heterocycles. The Morgan fingerprint density at radius 1 is 1.15 bits per heavy atom. The molecule has 2 amide bonds. The topological polar surface area (TPSA) is 194 Å². The van der Waals surface area contributed by atoms with Crippen molar-refractivity contribution >= 4 is 63.7 Å². The number of carbonyl (C=O) groups is 4. The van der Waals surface area contributed by atoms with Crippen molar-refractivity contribution in [1.82, 2.24) is 4.90 Å². The van der Waals surface area contributed by atoms with Crippen LogP contribution in [0.15, 0.2) is 16.9 Å². The number of benzene rings is 1. The quantitative estimate of drug-likeness (QED) is 0.165. The van der Waals surface area contributed by atoms with E-state index in [2.05, 4.69) is 5.32 Å². The second kappa shape index (κ2) is 9.70. The van der Waals surface area contributed by atoms with Crippen LogP contribution in [0.2, 0.25) is 5.02 Å². The highest BCUT2D eigenvalue weighted by molar-refractivity contribution is 6.38. The molecule has 1 saturated carbocycles. The highest BCUT2D eigenvalue weighted by Crippen LogP contribution is 2.56. The number of anilines is 2. The number of nitrogens with zero attached hydrogens (tertiary/aromatic N) is 2. The minimum absolute atomic E-state index is 0.0321. The average Bonchev–Trinajstić information content (AvgIpc) is 2.83. The van der Waals surface area contributed by atoms with Crippen LogP contribution in [0, 0.1) is 11.8 Å². The molecule has 1 aromatic carbocycles. The number of nitrogens with two attached hydrogens (primary N) is 1. The van der Waals surface area contributed by atoms with Gasteiger partial charge in [-0.3, -0.25) is 24.1 Å². The largest absolute Gasteiger partial charge is 0.508 e. The first-order valence-electron chi connectivity index (χ1n) is 11.9. The van der Waals surface area contributed by atoms with Crippen molar-refractivity contribution < 1.29 is 39.6 Å². The molecule has 3 aliphatic rings. The summed E-state index contributed by atoms with van der Waals surface area (Å²) in [6.07, 6.45) is -0.0270. The number of phenols is 1. The lowest BCUT2D eigenvalue weighted by atomic mass is 9.57. The molecule has 0 saturated heterocycles. The summed E-state index contributed by atoms with van der Waals surface area (Å²) in [6.45, 7) is 0. The number of rotatable bonds is 5. The maximum Gasteiger partial charge on any atom is 0.255 e. The highest BCUT2D eigenvalue weighted by Gasteiger charge is 2.64. The minimum Gasteiger partial charge on any atom is -0.508 e. The number of aliphatic hydroxyl groups is 3. The summed E-state index contributed by atoms with van der Waals surface area (Å²) in [5.74, 6) is -8.94. The van der Waals surface area contributed by atoms with Gasteiger partial charge in [0.2, 0.25) is 11.7 Å². The van der Waals surface area contributed by atoms with Crippen LogP contribution in [-0.4, -0.2) is 94.4 Å². The molecule has 12 nitrogen and oxygen atoms in total. The van der Waals surface area contributed by atoms with Gasteiger partial charge in [0.25, 0.3) is 5.91 Å². The Labute approximate surface area is 233 Å². The van der Waals surface area contributed by atoms with Gasteiger partial charge in [-0.2, -0.15) is 0 Å². The van der Waals surface area contributed by atoms with Crippen LogP contribution in [0.5, 0.6) is 5.75 Å². The van der Waals surface area contributed by atoms with Gasteiger partial charge in [-0.15, -0.1) is 11.6 Å². The maximum absolute atomic E-state index is 13.9. The fourth-order valence-corrected chi connectivity index (χ4v) is 6.57. The molecular formula is C25H28Cl2N4O8. The van der Waals surface area contributed by atoms with E-state index >= 15 is 0 Å². The number of phenolic OH excluding ortho intramolecular Hbond substituents is 1. The van der Waals surface area contributed by atoms with E-state index in [4.69, 9.17) is 28.9 Å². The Morgan fingerprint density at radius 2 is 1.77 bits per heavy atom. The third kappa shape index (κ3) is 3.96. The van der Waals surface area contributed by atoms with Crippen molar-refractivity contribution in [3.8, 4) is 5.75 Å². The Balaban J connectivity index is 2.02. The van der Waals surface area contributed by atoms with Gasteiger partial charge in [0.05, 0.1) is 22.3 Å². The van der Waals surface area contributed by atoms with Gasteiger partial charge in [-0.25, -0.2) is 0 Å². The fourth-order valence-electron chi connectivity index (χ4n) is 6.08. The van der Waals surface area contributed by atoms with Gasteiger partial charge in [0, 0.05) is 25.6 Å². The average molecular weight is 583 g/mol. The molecule has 0 heterocycles. The van der Waals surface area contributed by atoms with E-state index in [1.54, 1.807) is 19.0 Å². The van der Waals surface area contributed by atoms with E-state index in [-0.39, 0.29) is 34.7 Å². The lowest BCUT2D eigenvalue weighted by molar-refractivity contribution is -0.153. The van der Waals surface area contributed by atoms with Crippen LogP contribution in [0.25, 0.3) is 5.76 Å². The van der Waals surface area contributed by atoms with Gasteiger partial charge >= 0.3 is 0 Å². The molecule has 3 aliphatic carbocycles. The predicted octanol–water partition coefficient (Wildman–Crippen LogP) is 0.861. The Bertz CT molecular complexity index is 1400. The molecule has 4 atom stereocenters. The number of fused-ring (bicyclic) bond motifs is 3. The molecule has 210 valence electrons. The lowest BCUT2D eigenvalue weighted by Gasteiger charge is -2.50. The van der Waals surface area contributed by atoms with Crippen molar-refractivity contribution in [2.75, 3.05) is 44.3 Å². The standard InChI is InChI=1S/C25H28Cl2N4O8/c1-30(2)17-9-5-8-6-10-18(31(3)4)21(35)14(24(28)38)23(37)25(10,39)22(36)12(8)19(33)13(9)20(34)16(15(17)27)29-11(32)7-26/h8,10,18,33-34,37,39H,5-7H2,1-4H3,(H2,28,38)(H,29,32)/t8?,10?,18-,25-/m0/s1. The number of halogens is 2. The zero-order valence-electron chi connectivity index (χ0n) is 21.5. The molecule has 1 fully saturated rings. The van der Waals surface area contributed by atoms with E-state index in [0.29, 0.717) is 11.3 Å². The second-order valence-corrected chi connectivity index (χ2v) is 10.9. The molecular weight excluding hydrogens is 555 g/mol. The number of aromatic hydroxyl groups is 1. The smallest absolute Gasteiger partial charge is 0.255 e. The van der Waals surface area contributed by atoms with Crippen LogP contribution in [-0.2, 0) is 25.6 Å². The van der Waals surface area contributed by atoms with E-state index in [1.165, 1.54) is 19.0 Å². The van der Waals surface area contributed by atoms with Gasteiger partial charge in [0.15, 0.2) is 17.1 Å². The summed E-state index contributed by atoms with van der Waals surface area (Å²) in [5.41, 5.74) is 1.61. The Hall–Kier alpha value is -3.32. The number of likely N-dealkylation sites (N-methyl/N-ethyl adjacent to an activating group) is 1. The van der Waals surface area contributed by atoms with Crippen LogP contribution in [0.3, 0.4) is 0 Å². The lowest BCUT2D eigenvalue weighted by Crippen LogP contribution is -2.65. The molecule has 1 aromatic rings. The van der Waals surface area contributed by atoms with Crippen LogP contribution in [0.4, 0.5) is 11.4 Å². The second-order valence-electron chi connectivity index (χ2n) is 10.3. The van der Waals surface area contributed by atoms with Crippen LogP contribution >= 0.6 is 23.2 Å². The van der Waals surface area contributed by atoms with Crippen molar-refractivity contribution in [1.29, 1.82) is 0 Å². The normalized spacial score (nSPS) is 26.3. The molecule has 7 N–H and O–H groups in total. The fraction of sp³-hybridized carbons (Fsp3) is 0.440. The van der Waals surface area contributed by atoms with Crippen LogP contribution < -0.4 is 16.0 Å². The third-order valence-corrected chi connectivity index (χ3v) is 8.25. The SMILES string of the molecule is CN(C)c1c(Cl)c(NC(=O)CCl)c(O)c2c1CC1CC3[C@H](N(C)C)C(=O)C(C(N)=O)=C(O)[C@@]3(O)C(=O)C1=C2O. The molecule has 0 bridgehead atoms. The maximum atomic E-state index is 13.9. The van der Waals surface area contributed by atoms with E-state index < -0.39 is 75.6 Å². The summed E-state index contributed by atoms with van der Waals surface area (Å²) >= 11 is 12.2. The van der Waals surface area contributed by atoms with Gasteiger partial charge < -0.3 is 36.4 Å². The number of carbonyl (C=O) groups excluding carboxylic acids is 4. The van der Waals surface area contributed by atoms with Crippen LogP contribution in [0.1, 0.15) is 17.5 Å². The summed E-state index contributed by atoms with van der Waals surface area (Å²) in [6, 6.07) is -1.19. The van der Waals surface area contributed by atoms with E-state index in [1.807, 2.05) is 0 Å². The number of alkyl halides is 1. The van der Waals surface area contributed by atoms with Crippen molar-refractivity contribution in [2.45, 2.75) is 24.5 Å². The predicted molar refractivity (Wildman–Crippen MR) is 143 cm³/mol. The number of nitrogens with one attached hydrogen (secondary N) is 1. The first-order chi connectivity index (χ1) is 18.1. The summed E-state index contributed by atoms with van der Waals surface area (Å²) in [4.78, 5) is 54.3. The molecule has 14 heteroatoms. The van der Waals surface area contributed by atoms with E-state index in [9.17, 15) is 39.6 Å². The molecule has 0 radical (unpaired) electrons. The summed E-state index contributed by atoms with van der Waals surface area (Å²) < 4.78 is 0. The van der Waals surface area contributed by atoms with Crippen molar-refractivity contribution in [3.05, 3.63) is 33.1 Å². The third-order valence-electron chi connectivity index (χ3n) is 7.63. The highest BCUT2D eigenvalue weighted by atomic mass is 35.5. The first kappa shape index (κ1) is 28.7. The van der Waals surface area contributed by atoms with E-state index in [0.717, 1.165) is 0 Å². The van der Waals surface area contributed by atoms with Gasteiger partial charge in [0.1, 0.15) is 28.7 Å². The molecule has 2 unspecified atom stereocenters. The van der Waals surface area contributed by atoms with Gasteiger partial charge in [-0.05, 0) is 38.4 Å². The molecule has 0 aliphatic heterocycles. The Morgan fingerprint density at radius 3 is 2.28 bits per heavy atom. The monoisotopic (exact) mass is 582 g/mol. The zero-order valence-corrected chi connectivity index (χ0v) is 23.0. The number of Topliss-reactive ketones (excluding diaryl/α,β-unsaturated/α-hetero) is 2. The zero-order chi connectivity index (χ0) is 29.3. The van der Waals surface area contributed by atoms with Gasteiger partial charge in [-0.1, -0.05) is 11.6 Å². The summed E-state index contributed by atoms with van der Waals surface area (Å²) in [7, 11) is 6.35. The summed E-state index contributed by atoms with van der Waals surface area (Å²) in [5, 5.41) is 47.5. The Kier molecular flexibility index (Phi) is 7.13. The first-order valence-corrected chi connectivity index (χ1v) is 12.8. The number of hydrogen-bond donors (Lipinski definition) is 6. The minimum atomic E-state index is -2.76.